The van der Waals surface area contributed by atoms with E-state index in [9.17, 15) is 4.79 Å². The predicted octanol–water partition coefficient (Wildman–Crippen LogP) is 0.130. The van der Waals surface area contributed by atoms with Crippen molar-refractivity contribution >= 4 is 17.7 Å². The Morgan fingerprint density at radius 2 is 2.08 bits per heavy atom. The maximum absolute atomic E-state index is 10.4. The Balaban J connectivity index is 3.18. The van der Waals surface area contributed by atoms with E-state index in [0.29, 0.717) is 17.5 Å². The van der Waals surface area contributed by atoms with Crippen molar-refractivity contribution in [1.29, 1.82) is 0 Å². The van der Waals surface area contributed by atoms with Gasteiger partial charge in [0.05, 0.1) is 0 Å². The van der Waals surface area contributed by atoms with Crippen LogP contribution in [0.15, 0.2) is 29.4 Å². The van der Waals surface area contributed by atoms with Crippen LogP contribution in [0.2, 0.25) is 0 Å². The highest BCUT2D eigenvalue weighted by Gasteiger charge is 2.03. The third kappa shape index (κ3) is 1.42. The number of carbonyl (C=O) groups excluding carboxylic acids is 1. The Hall–Kier alpha value is -1.84. The van der Waals surface area contributed by atoms with Gasteiger partial charge in [0.1, 0.15) is 5.71 Å². The van der Waals surface area contributed by atoms with E-state index in [0.717, 1.165) is 0 Å². The molecule has 0 bridgehead atoms. The molecule has 4 heteroatoms. The van der Waals surface area contributed by atoms with Crippen LogP contribution in [0.3, 0.4) is 0 Å². The van der Waals surface area contributed by atoms with E-state index in [1.165, 1.54) is 0 Å². The highest BCUT2D eigenvalue weighted by Crippen LogP contribution is 2.10. The van der Waals surface area contributed by atoms with Crippen molar-refractivity contribution in [1.82, 2.24) is 0 Å². The van der Waals surface area contributed by atoms with Gasteiger partial charge in [-0.1, -0.05) is 18.2 Å². The maximum Gasteiger partial charge on any atom is 0.170 e. The van der Waals surface area contributed by atoms with Gasteiger partial charge in [0.15, 0.2) is 6.29 Å². The Morgan fingerprint density at radius 3 is 2.58 bits per heavy atom. The number of aldehydes is 1. The number of nitrogens with zero attached hydrogens (tertiary/aromatic N) is 1. The number of benzene rings is 1. The first-order valence-corrected chi connectivity index (χ1v) is 3.37. The number of nitrogen functional groups attached to an aromatic ring is 1. The number of nitrogens with two attached hydrogens (primary N) is 2. The van der Waals surface area contributed by atoms with Crippen LogP contribution in [0.4, 0.5) is 5.69 Å². The van der Waals surface area contributed by atoms with Gasteiger partial charge in [-0.05, 0) is 6.07 Å². The molecule has 0 saturated heterocycles. The first-order valence-electron chi connectivity index (χ1n) is 3.37. The summed E-state index contributed by atoms with van der Waals surface area (Å²) in [5, 5.41) is 3.31. The summed E-state index contributed by atoms with van der Waals surface area (Å²) >= 11 is 0. The Labute approximate surface area is 69.9 Å². The minimum Gasteiger partial charge on any atom is -0.398 e. The fourth-order valence-electron chi connectivity index (χ4n) is 0.894. The van der Waals surface area contributed by atoms with Gasteiger partial charge < -0.3 is 11.6 Å². The molecule has 0 aliphatic carbocycles. The second kappa shape index (κ2) is 3.52. The van der Waals surface area contributed by atoms with Gasteiger partial charge in [-0.3, -0.25) is 4.79 Å². The van der Waals surface area contributed by atoms with Crippen LogP contribution in [0.5, 0.6) is 0 Å². The van der Waals surface area contributed by atoms with Crippen molar-refractivity contribution < 1.29 is 4.79 Å². The van der Waals surface area contributed by atoms with Crippen molar-refractivity contribution in [3.05, 3.63) is 29.8 Å². The molecule has 0 aliphatic heterocycles. The fourth-order valence-corrected chi connectivity index (χ4v) is 0.894. The van der Waals surface area contributed by atoms with Crippen molar-refractivity contribution in [2.75, 3.05) is 5.73 Å². The van der Waals surface area contributed by atoms with Crippen molar-refractivity contribution in [3.8, 4) is 0 Å². The average Bonchev–Trinajstić information content (AvgIpc) is 2.10. The predicted molar refractivity (Wildman–Crippen MR) is 47.6 cm³/mol. The summed E-state index contributed by atoms with van der Waals surface area (Å²) in [6, 6.07) is 6.91. The molecular weight excluding hydrogens is 154 g/mol. The SMILES string of the molecule is N/N=C(\C=O)c1ccccc1N. The summed E-state index contributed by atoms with van der Waals surface area (Å²) in [6.07, 6.45) is 0.575. The lowest BCUT2D eigenvalue weighted by molar-refractivity contribution is -0.102. The zero-order valence-electron chi connectivity index (χ0n) is 6.40. The van der Waals surface area contributed by atoms with Crippen molar-refractivity contribution in [2.24, 2.45) is 10.9 Å². The molecule has 0 heterocycles. The number of carbonyl (C=O) groups is 1. The molecule has 0 unspecified atom stereocenters. The lowest BCUT2D eigenvalue weighted by Gasteiger charge is -2.00. The molecule has 0 amide bonds. The number of hydrazone groups is 1. The van der Waals surface area contributed by atoms with E-state index in [2.05, 4.69) is 5.10 Å². The smallest absolute Gasteiger partial charge is 0.170 e. The molecule has 62 valence electrons. The molecule has 0 fully saturated rings. The third-order valence-corrected chi connectivity index (χ3v) is 1.49. The Bertz CT molecular complexity index is 320. The molecule has 0 radical (unpaired) electrons. The molecular formula is C8H9N3O. The molecule has 4 N–H and O–H groups in total. The average molecular weight is 163 g/mol. The lowest BCUT2D eigenvalue weighted by Crippen LogP contribution is -2.08. The van der Waals surface area contributed by atoms with E-state index in [1.54, 1.807) is 24.3 Å². The summed E-state index contributed by atoms with van der Waals surface area (Å²) in [5.41, 5.74) is 6.80. The van der Waals surface area contributed by atoms with Crippen LogP contribution in [-0.4, -0.2) is 12.0 Å². The summed E-state index contributed by atoms with van der Waals surface area (Å²) in [5.74, 6) is 4.99. The van der Waals surface area contributed by atoms with Gasteiger partial charge in [0.25, 0.3) is 0 Å². The summed E-state index contributed by atoms with van der Waals surface area (Å²) in [6.45, 7) is 0. The van der Waals surface area contributed by atoms with Crippen LogP contribution < -0.4 is 11.6 Å². The molecule has 0 aliphatic rings. The Kier molecular flexibility index (Phi) is 2.42. The summed E-state index contributed by atoms with van der Waals surface area (Å²) < 4.78 is 0. The van der Waals surface area contributed by atoms with Gasteiger partial charge >= 0.3 is 0 Å². The molecule has 1 aromatic carbocycles. The van der Waals surface area contributed by atoms with Crippen LogP contribution in [-0.2, 0) is 4.79 Å². The quantitative estimate of drug-likeness (QED) is 0.214. The topological polar surface area (TPSA) is 81.5 Å². The van der Waals surface area contributed by atoms with E-state index in [1.807, 2.05) is 0 Å². The normalized spacial score (nSPS) is 11.2. The van der Waals surface area contributed by atoms with Crippen molar-refractivity contribution in [3.63, 3.8) is 0 Å². The number of para-hydroxylation sites is 1. The van der Waals surface area contributed by atoms with E-state index in [4.69, 9.17) is 11.6 Å². The van der Waals surface area contributed by atoms with E-state index >= 15 is 0 Å². The number of anilines is 1. The summed E-state index contributed by atoms with van der Waals surface area (Å²) in [4.78, 5) is 10.4. The molecule has 0 aromatic heterocycles. The monoisotopic (exact) mass is 163 g/mol. The lowest BCUT2D eigenvalue weighted by atomic mass is 10.1. The first kappa shape index (κ1) is 8.26. The molecule has 1 rings (SSSR count). The molecule has 12 heavy (non-hydrogen) atoms. The standard InChI is InChI=1S/C8H9N3O/c9-7-4-2-1-3-6(7)8(5-12)11-10/h1-5H,9-10H2/b11-8+. The first-order chi connectivity index (χ1) is 5.79. The third-order valence-electron chi connectivity index (χ3n) is 1.49. The van der Waals surface area contributed by atoms with Crippen LogP contribution in [0.25, 0.3) is 0 Å². The molecule has 0 spiro atoms. The molecule has 0 saturated carbocycles. The number of hydrogen-bond acceptors (Lipinski definition) is 4. The van der Waals surface area contributed by atoms with Gasteiger partial charge in [0.2, 0.25) is 0 Å². The highest BCUT2D eigenvalue weighted by atomic mass is 16.1. The number of hydrogen-bond donors (Lipinski definition) is 2. The minimum atomic E-state index is 0.160. The summed E-state index contributed by atoms with van der Waals surface area (Å²) in [7, 11) is 0. The largest absolute Gasteiger partial charge is 0.398 e. The Morgan fingerprint density at radius 1 is 1.42 bits per heavy atom. The van der Waals surface area contributed by atoms with E-state index in [-0.39, 0.29) is 5.71 Å². The molecule has 1 aromatic rings. The van der Waals surface area contributed by atoms with Crippen LogP contribution in [0, 0.1) is 0 Å². The fraction of sp³-hybridized carbons (Fsp3) is 0. The van der Waals surface area contributed by atoms with Gasteiger partial charge in [-0.15, -0.1) is 0 Å². The molecule has 0 atom stereocenters. The zero-order chi connectivity index (χ0) is 8.97. The highest BCUT2D eigenvalue weighted by molar-refractivity contribution is 6.37. The number of rotatable bonds is 2. The van der Waals surface area contributed by atoms with Gasteiger partial charge in [-0.2, -0.15) is 5.10 Å². The maximum atomic E-state index is 10.4. The van der Waals surface area contributed by atoms with Crippen molar-refractivity contribution in [2.45, 2.75) is 0 Å². The second-order valence-electron chi connectivity index (χ2n) is 2.22. The molecule has 4 nitrogen and oxygen atoms in total. The zero-order valence-corrected chi connectivity index (χ0v) is 6.40. The second-order valence-corrected chi connectivity index (χ2v) is 2.22. The van der Waals surface area contributed by atoms with Crippen LogP contribution in [0.1, 0.15) is 5.56 Å². The van der Waals surface area contributed by atoms with Gasteiger partial charge in [-0.25, -0.2) is 0 Å². The minimum absolute atomic E-state index is 0.160. The van der Waals surface area contributed by atoms with E-state index < -0.39 is 0 Å². The van der Waals surface area contributed by atoms with Crippen LogP contribution >= 0.6 is 0 Å². The van der Waals surface area contributed by atoms with Gasteiger partial charge in [0, 0.05) is 11.3 Å².